The lowest BCUT2D eigenvalue weighted by atomic mass is 10.00. The molecule has 9 heteroatoms. The molecule has 0 spiro atoms. The largest absolute Gasteiger partial charge is 0.364 e. The fourth-order valence-electron chi connectivity index (χ4n) is 3.20. The predicted molar refractivity (Wildman–Crippen MR) is 82.3 cm³/mol. The van der Waals surface area contributed by atoms with Crippen molar-refractivity contribution in [1.82, 2.24) is 30.2 Å². The Morgan fingerprint density at radius 2 is 2.04 bits per heavy atom. The van der Waals surface area contributed by atoms with Crippen molar-refractivity contribution in [1.29, 1.82) is 0 Å². The van der Waals surface area contributed by atoms with Gasteiger partial charge in [-0.3, -0.25) is 4.90 Å². The van der Waals surface area contributed by atoms with Crippen molar-refractivity contribution in [2.75, 3.05) is 18.9 Å². The molecule has 1 N–H and O–H groups in total. The number of anilines is 1. The molecule has 0 bridgehead atoms. The first kappa shape index (κ1) is 14.9. The Hall–Kier alpha value is -2.68. The maximum atomic E-state index is 13.6. The smallest absolute Gasteiger partial charge is 0.200 e. The highest BCUT2D eigenvalue weighted by Gasteiger charge is 2.33. The Balaban J connectivity index is 1.62. The fourth-order valence-corrected chi connectivity index (χ4v) is 3.20. The lowest BCUT2D eigenvalue weighted by molar-refractivity contribution is 0.307. The third kappa shape index (κ3) is 2.56. The first-order chi connectivity index (χ1) is 11.6. The van der Waals surface area contributed by atoms with Crippen molar-refractivity contribution in [3.63, 3.8) is 0 Å². The van der Waals surface area contributed by atoms with Crippen LogP contribution in [0.25, 0.3) is 5.65 Å². The third-order valence-corrected chi connectivity index (χ3v) is 4.34. The normalized spacial score (nSPS) is 21.5. The molecule has 7 nitrogen and oxygen atoms in total. The average Bonchev–Trinajstić information content (AvgIpc) is 3.17. The van der Waals surface area contributed by atoms with Gasteiger partial charge in [0.2, 0.25) is 0 Å². The van der Waals surface area contributed by atoms with E-state index in [1.54, 1.807) is 18.2 Å². The summed E-state index contributed by atoms with van der Waals surface area (Å²) in [5.41, 5.74) is 1.29. The molecule has 24 heavy (non-hydrogen) atoms. The number of nitrogens with one attached hydrogen (secondary N) is 1. The summed E-state index contributed by atoms with van der Waals surface area (Å²) in [6.07, 6.45) is 0.857. The minimum absolute atomic E-state index is 0.0151. The van der Waals surface area contributed by atoms with Crippen molar-refractivity contribution < 1.29 is 8.78 Å². The topological polar surface area (TPSA) is 71.2 Å². The number of hydrogen-bond donors (Lipinski definition) is 1. The number of tetrazole rings is 1. The number of hydrogen-bond acceptors (Lipinski definition) is 6. The van der Waals surface area contributed by atoms with Crippen LogP contribution < -0.4 is 5.32 Å². The van der Waals surface area contributed by atoms with Gasteiger partial charge >= 0.3 is 0 Å². The molecular weight excluding hydrogens is 316 g/mol. The first-order valence-electron chi connectivity index (χ1n) is 7.59. The third-order valence-electron chi connectivity index (χ3n) is 4.34. The Kier molecular flexibility index (Phi) is 3.57. The van der Waals surface area contributed by atoms with E-state index in [9.17, 15) is 8.78 Å². The van der Waals surface area contributed by atoms with Crippen LogP contribution in [0.2, 0.25) is 0 Å². The number of halogens is 2. The standard InChI is InChI=1S/C15H15F2N7/c1-23-7-6-12(15(23)9-2-3-10(16)11(17)8-9)18-13-4-5-14-19-21-22-24(14)20-13/h2-5,8,12,15H,6-7H2,1H3,(H,18,20)/t12-,15-/m1/s1. The fraction of sp³-hybridized carbons (Fsp3) is 0.333. The second-order valence-electron chi connectivity index (χ2n) is 5.88. The monoisotopic (exact) mass is 331 g/mol. The predicted octanol–water partition coefficient (Wildman–Crippen LogP) is 1.65. The minimum atomic E-state index is -0.838. The average molecular weight is 331 g/mol. The molecule has 0 radical (unpaired) electrons. The lowest BCUT2D eigenvalue weighted by Crippen LogP contribution is -2.29. The second-order valence-corrected chi connectivity index (χ2v) is 5.88. The van der Waals surface area contributed by atoms with Crippen LogP contribution in [0.5, 0.6) is 0 Å². The van der Waals surface area contributed by atoms with Gasteiger partial charge in [-0.2, -0.15) is 0 Å². The van der Waals surface area contributed by atoms with Crippen molar-refractivity contribution >= 4 is 11.5 Å². The Bertz CT molecular complexity index is 881. The van der Waals surface area contributed by atoms with Crippen LogP contribution in [-0.2, 0) is 0 Å². The zero-order chi connectivity index (χ0) is 16.7. The van der Waals surface area contributed by atoms with E-state index in [1.165, 1.54) is 16.8 Å². The van der Waals surface area contributed by atoms with Gasteiger partial charge in [0.1, 0.15) is 5.82 Å². The number of rotatable bonds is 3. The van der Waals surface area contributed by atoms with Crippen molar-refractivity contribution in [2.24, 2.45) is 0 Å². The van der Waals surface area contributed by atoms with Crippen LogP contribution in [0.4, 0.5) is 14.6 Å². The highest BCUT2D eigenvalue weighted by atomic mass is 19.2. The highest BCUT2D eigenvalue weighted by molar-refractivity contribution is 5.43. The van der Waals surface area contributed by atoms with Gasteiger partial charge in [0.25, 0.3) is 0 Å². The van der Waals surface area contributed by atoms with Gasteiger partial charge in [-0.05, 0) is 53.7 Å². The number of fused-ring (bicyclic) bond motifs is 1. The number of likely N-dealkylation sites (tertiary alicyclic amines) is 1. The molecule has 1 aliphatic heterocycles. The summed E-state index contributed by atoms with van der Waals surface area (Å²) in [5, 5.41) is 18.8. The number of likely N-dealkylation sites (N-methyl/N-ethyl adjacent to an activating group) is 1. The molecule has 3 aromatic rings. The van der Waals surface area contributed by atoms with Crippen molar-refractivity contribution in [3.8, 4) is 0 Å². The second kappa shape index (κ2) is 5.75. The quantitative estimate of drug-likeness (QED) is 0.787. The molecule has 1 aromatic carbocycles. The zero-order valence-electron chi connectivity index (χ0n) is 12.9. The van der Waals surface area contributed by atoms with Crippen molar-refractivity contribution in [2.45, 2.75) is 18.5 Å². The summed E-state index contributed by atoms with van der Waals surface area (Å²) in [7, 11) is 1.96. The van der Waals surface area contributed by atoms with Gasteiger partial charge in [0.05, 0.1) is 6.04 Å². The Labute approximate surface area is 136 Å². The molecule has 0 unspecified atom stereocenters. The molecule has 0 aliphatic carbocycles. The van der Waals surface area contributed by atoms with E-state index in [4.69, 9.17) is 0 Å². The summed E-state index contributed by atoms with van der Waals surface area (Å²) in [5.74, 6) is -1.04. The van der Waals surface area contributed by atoms with E-state index in [0.29, 0.717) is 11.5 Å². The molecule has 3 heterocycles. The SMILES string of the molecule is CN1CC[C@@H](Nc2ccc3nnnn3n2)[C@H]1c1ccc(F)c(F)c1. The van der Waals surface area contributed by atoms with Crippen LogP contribution in [0.3, 0.4) is 0 Å². The maximum absolute atomic E-state index is 13.6. The van der Waals surface area contributed by atoms with Crippen LogP contribution in [0, 0.1) is 11.6 Å². The highest BCUT2D eigenvalue weighted by Crippen LogP contribution is 2.33. The molecular formula is C15H15F2N7. The van der Waals surface area contributed by atoms with Gasteiger partial charge in [-0.15, -0.1) is 14.8 Å². The number of aromatic nitrogens is 5. The van der Waals surface area contributed by atoms with Gasteiger partial charge in [0.15, 0.2) is 17.3 Å². The molecule has 4 rings (SSSR count). The van der Waals surface area contributed by atoms with Crippen LogP contribution in [-0.4, -0.2) is 49.8 Å². The molecule has 2 aromatic heterocycles. The van der Waals surface area contributed by atoms with Gasteiger partial charge < -0.3 is 5.32 Å². The van der Waals surface area contributed by atoms with E-state index < -0.39 is 11.6 Å². The zero-order valence-corrected chi connectivity index (χ0v) is 12.9. The molecule has 1 aliphatic rings. The summed E-state index contributed by atoms with van der Waals surface area (Å²) >= 11 is 0. The molecule has 1 fully saturated rings. The number of benzene rings is 1. The Morgan fingerprint density at radius 3 is 2.88 bits per heavy atom. The molecule has 0 amide bonds. The van der Waals surface area contributed by atoms with Crippen LogP contribution in [0.15, 0.2) is 30.3 Å². The van der Waals surface area contributed by atoms with Crippen LogP contribution >= 0.6 is 0 Å². The van der Waals surface area contributed by atoms with Crippen LogP contribution in [0.1, 0.15) is 18.0 Å². The Morgan fingerprint density at radius 1 is 1.17 bits per heavy atom. The minimum Gasteiger partial charge on any atom is -0.364 e. The molecule has 2 atom stereocenters. The van der Waals surface area contributed by atoms with Gasteiger partial charge in [-0.25, -0.2) is 8.78 Å². The summed E-state index contributed by atoms with van der Waals surface area (Å²) in [4.78, 5) is 2.11. The summed E-state index contributed by atoms with van der Waals surface area (Å²) in [6.45, 7) is 0.842. The van der Waals surface area contributed by atoms with E-state index in [-0.39, 0.29) is 12.1 Å². The number of nitrogens with zero attached hydrogens (tertiary/aromatic N) is 6. The van der Waals surface area contributed by atoms with E-state index >= 15 is 0 Å². The van der Waals surface area contributed by atoms with E-state index in [2.05, 4.69) is 30.8 Å². The van der Waals surface area contributed by atoms with Gasteiger partial charge in [-0.1, -0.05) is 6.07 Å². The van der Waals surface area contributed by atoms with E-state index in [1.807, 2.05) is 7.05 Å². The molecule has 0 saturated carbocycles. The maximum Gasteiger partial charge on any atom is 0.200 e. The first-order valence-corrected chi connectivity index (χ1v) is 7.59. The summed E-state index contributed by atoms with van der Waals surface area (Å²) < 4.78 is 28.2. The summed E-state index contributed by atoms with van der Waals surface area (Å²) in [6, 6.07) is 7.55. The van der Waals surface area contributed by atoms with Gasteiger partial charge in [0, 0.05) is 12.6 Å². The lowest BCUT2D eigenvalue weighted by Gasteiger charge is -2.26. The van der Waals surface area contributed by atoms with E-state index in [0.717, 1.165) is 18.5 Å². The van der Waals surface area contributed by atoms with Crippen molar-refractivity contribution in [3.05, 3.63) is 47.5 Å². The molecule has 124 valence electrons. The molecule has 1 saturated heterocycles.